The second-order valence-corrected chi connectivity index (χ2v) is 3.99. The molecule has 0 saturated carbocycles. The Hall–Kier alpha value is -0.790. The first-order valence-corrected chi connectivity index (χ1v) is 5.10. The molecule has 1 unspecified atom stereocenters. The molecule has 1 aliphatic rings. The summed E-state index contributed by atoms with van der Waals surface area (Å²) in [6.45, 7) is 7.20. The third-order valence-electron chi connectivity index (χ3n) is 2.66. The first kappa shape index (κ1) is 10.3. The Morgan fingerprint density at radius 1 is 1.54 bits per heavy atom. The SMILES string of the molecule is C/C=C/C(=O)N1CCCC1C(C)C. The zero-order valence-corrected chi connectivity index (χ0v) is 8.79. The zero-order chi connectivity index (χ0) is 9.84. The Balaban J connectivity index is 2.62. The van der Waals surface area contributed by atoms with Crippen LogP contribution in [0.4, 0.5) is 0 Å². The lowest BCUT2D eigenvalue weighted by molar-refractivity contribution is -0.127. The average Bonchev–Trinajstić information content (AvgIpc) is 2.52. The Labute approximate surface area is 80.6 Å². The highest BCUT2D eigenvalue weighted by atomic mass is 16.2. The molecule has 0 aromatic heterocycles. The number of carbonyl (C=O) groups excluding carboxylic acids is 1. The van der Waals surface area contributed by atoms with Gasteiger partial charge < -0.3 is 4.90 Å². The molecule has 0 aromatic rings. The third-order valence-corrected chi connectivity index (χ3v) is 2.66. The molecule has 0 bridgehead atoms. The van der Waals surface area contributed by atoms with E-state index < -0.39 is 0 Å². The highest BCUT2D eigenvalue weighted by Gasteiger charge is 2.29. The van der Waals surface area contributed by atoms with E-state index >= 15 is 0 Å². The number of nitrogens with zero attached hydrogens (tertiary/aromatic N) is 1. The summed E-state index contributed by atoms with van der Waals surface area (Å²) in [4.78, 5) is 13.6. The van der Waals surface area contributed by atoms with Crippen molar-refractivity contribution < 1.29 is 4.79 Å². The van der Waals surface area contributed by atoms with Gasteiger partial charge in [-0.2, -0.15) is 0 Å². The van der Waals surface area contributed by atoms with E-state index in [9.17, 15) is 4.79 Å². The predicted molar refractivity (Wildman–Crippen MR) is 54.4 cm³/mol. The summed E-state index contributed by atoms with van der Waals surface area (Å²) in [5.41, 5.74) is 0. The largest absolute Gasteiger partial charge is 0.336 e. The molecule has 1 fully saturated rings. The van der Waals surface area contributed by atoms with E-state index in [1.165, 1.54) is 6.42 Å². The molecule has 0 radical (unpaired) electrons. The molecule has 2 heteroatoms. The fraction of sp³-hybridized carbons (Fsp3) is 0.727. The Bertz CT molecular complexity index is 208. The van der Waals surface area contributed by atoms with E-state index in [1.807, 2.05) is 17.9 Å². The minimum absolute atomic E-state index is 0.179. The number of carbonyl (C=O) groups is 1. The molecule has 0 aliphatic carbocycles. The van der Waals surface area contributed by atoms with Crippen LogP contribution in [-0.4, -0.2) is 23.4 Å². The number of hydrogen-bond donors (Lipinski definition) is 0. The Morgan fingerprint density at radius 3 is 2.77 bits per heavy atom. The van der Waals surface area contributed by atoms with Crippen LogP contribution >= 0.6 is 0 Å². The molecule has 1 rings (SSSR count). The van der Waals surface area contributed by atoms with Gasteiger partial charge in [0.1, 0.15) is 0 Å². The number of amides is 1. The van der Waals surface area contributed by atoms with Gasteiger partial charge in [0.05, 0.1) is 0 Å². The summed E-state index contributed by atoms with van der Waals surface area (Å²) in [6, 6.07) is 0.462. The standard InChI is InChI=1S/C11H19NO/c1-4-6-11(13)12-8-5-7-10(12)9(2)3/h4,6,9-10H,5,7-8H2,1-3H3/b6-4+. The predicted octanol–water partition coefficient (Wildman–Crippen LogP) is 2.21. The van der Waals surface area contributed by atoms with E-state index in [0.29, 0.717) is 12.0 Å². The molecular weight excluding hydrogens is 162 g/mol. The number of likely N-dealkylation sites (tertiary alicyclic amines) is 1. The molecule has 0 aromatic carbocycles. The van der Waals surface area contributed by atoms with E-state index in [2.05, 4.69) is 13.8 Å². The van der Waals surface area contributed by atoms with E-state index in [0.717, 1.165) is 13.0 Å². The second-order valence-electron chi connectivity index (χ2n) is 3.99. The van der Waals surface area contributed by atoms with Crippen LogP contribution in [0.5, 0.6) is 0 Å². The fourth-order valence-corrected chi connectivity index (χ4v) is 2.00. The minimum atomic E-state index is 0.179. The van der Waals surface area contributed by atoms with Gasteiger partial charge in [0.2, 0.25) is 5.91 Å². The molecule has 1 heterocycles. The van der Waals surface area contributed by atoms with Gasteiger partial charge in [0, 0.05) is 12.6 Å². The smallest absolute Gasteiger partial charge is 0.246 e. The van der Waals surface area contributed by atoms with Gasteiger partial charge >= 0.3 is 0 Å². The fourth-order valence-electron chi connectivity index (χ4n) is 2.00. The summed E-state index contributed by atoms with van der Waals surface area (Å²) < 4.78 is 0. The zero-order valence-electron chi connectivity index (χ0n) is 8.79. The maximum absolute atomic E-state index is 11.6. The molecule has 0 N–H and O–H groups in total. The Morgan fingerprint density at radius 2 is 2.23 bits per heavy atom. The van der Waals surface area contributed by atoms with Crippen molar-refractivity contribution >= 4 is 5.91 Å². The van der Waals surface area contributed by atoms with Crippen LogP contribution in [0.2, 0.25) is 0 Å². The van der Waals surface area contributed by atoms with Crippen molar-refractivity contribution in [2.75, 3.05) is 6.54 Å². The maximum atomic E-state index is 11.6. The summed E-state index contributed by atoms with van der Waals surface area (Å²) in [7, 11) is 0. The van der Waals surface area contributed by atoms with Crippen LogP contribution in [0, 0.1) is 5.92 Å². The van der Waals surface area contributed by atoms with Crippen molar-refractivity contribution in [3.05, 3.63) is 12.2 Å². The average molecular weight is 181 g/mol. The number of hydrogen-bond acceptors (Lipinski definition) is 1. The van der Waals surface area contributed by atoms with Crippen LogP contribution in [-0.2, 0) is 4.79 Å². The normalized spacial score (nSPS) is 23.4. The van der Waals surface area contributed by atoms with E-state index in [4.69, 9.17) is 0 Å². The summed E-state index contributed by atoms with van der Waals surface area (Å²) >= 11 is 0. The van der Waals surface area contributed by atoms with Gasteiger partial charge in [-0.3, -0.25) is 4.79 Å². The van der Waals surface area contributed by atoms with Crippen molar-refractivity contribution in [3.8, 4) is 0 Å². The van der Waals surface area contributed by atoms with Crippen LogP contribution in [0.1, 0.15) is 33.6 Å². The lowest BCUT2D eigenvalue weighted by Crippen LogP contribution is -2.37. The first-order chi connectivity index (χ1) is 6.16. The maximum Gasteiger partial charge on any atom is 0.246 e. The quantitative estimate of drug-likeness (QED) is 0.598. The monoisotopic (exact) mass is 181 g/mol. The van der Waals surface area contributed by atoms with Gasteiger partial charge in [-0.25, -0.2) is 0 Å². The van der Waals surface area contributed by atoms with Crippen molar-refractivity contribution in [2.45, 2.75) is 39.7 Å². The topological polar surface area (TPSA) is 20.3 Å². The van der Waals surface area contributed by atoms with Gasteiger partial charge in [-0.1, -0.05) is 19.9 Å². The van der Waals surface area contributed by atoms with Crippen LogP contribution in [0.3, 0.4) is 0 Å². The van der Waals surface area contributed by atoms with Crippen molar-refractivity contribution in [2.24, 2.45) is 5.92 Å². The van der Waals surface area contributed by atoms with Gasteiger partial charge in [-0.05, 0) is 31.8 Å². The highest BCUT2D eigenvalue weighted by Crippen LogP contribution is 2.23. The lowest BCUT2D eigenvalue weighted by Gasteiger charge is -2.26. The molecule has 74 valence electrons. The lowest BCUT2D eigenvalue weighted by atomic mass is 10.0. The van der Waals surface area contributed by atoms with Crippen LogP contribution < -0.4 is 0 Å². The molecule has 2 nitrogen and oxygen atoms in total. The molecule has 13 heavy (non-hydrogen) atoms. The minimum Gasteiger partial charge on any atom is -0.336 e. The molecule has 1 aliphatic heterocycles. The van der Waals surface area contributed by atoms with E-state index in [1.54, 1.807) is 6.08 Å². The summed E-state index contributed by atoms with van der Waals surface area (Å²) in [5, 5.41) is 0. The van der Waals surface area contributed by atoms with Gasteiger partial charge in [-0.15, -0.1) is 0 Å². The number of rotatable bonds is 2. The molecule has 1 saturated heterocycles. The van der Waals surface area contributed by atoms with Gasteiger partial charge in [0.25, 0.3) is 0 Å². The molecule has 1 amide bonds. The van der Waals surface area contributed by atoms with Gasteiger partial charge in [0.15, 0.2) is 0 Å². The first-order valence-electron chi connectivity index (χ1n) is 5.10. The van der Waals surface area contributed by atoms with E-state index in [-0.39, 0.29) is 5.91 Å². The summed E-state index contributed by atoms with van der Waals surface area (Å²) in [5.74, 6) is 0.760. The second kappa shape index (κ2) is 4.45. The molecule has 1 atom stereocenters. The van der Waals surface area contributed by atoms with Crippen molar-refractivity contribution in [1.29, 1.82) is 0 Å². The number of allylic oxidation sites excluding steroid dienone is 1. The Kier molecular flexibility index (Phi) is 3.52. The summed E-state index contributed by atoms with van der Waals surface area (Å²) in [6.07, 6.45) is 5.81. The third kappa shape index (κ3) is 2.33. The molecular formula is C11H19NO. The molecule has 0 spiro atoms. The van der Waals surface area contributed by atoms with Crippen LogP contribution in [0.25, 0.3) is 0 Å². The van der Waals surface area contributed by atoms with Crippen molar-refractivity contribution in [3.63, 3.8) is 0 Å². The van der Waals surface area contributed by atoms with Crippen molar-refractivity contribution in [1.82, 2.24) is 4.90 Å². The van der Waals surface area contributed by atoms with Crippen LogP contribution in [0.15, 0.2) is 12.2 Å². The highest BCUT2D eigenvalue weighted by molar-refractivity contribution is 5.87.